The summed E-state index contributed by atoms with van der Waals surface area (Å²) in [6.07, 6.45) is 5.28. The maximum atomic E-state index is 12.3. The van der Waals surface area contributed by atoms with Crippen molar-refractivity contribution in [2.24, 2.45) is 11.7 Å². The van der Waals surface area contributed by atoms with E-state index in [0.717, 1.165) is 19.4 Å². The first kappa shape index (κ1) is 12.2. The number of thiophene rings is 1. The van der Waals surface area contributed by atoms with Crippen LogP contribution >= 0.6 is 11.3 Å². The summed E-state index contributed by atoms with van der Waals surface area (Å²) in [6, 6.07) is 4.72. The van der Waals surface area contributed by atoms with Gasteiger partial charge in [0.1, 0.15) is 0 Å². The summed E-state index contributed by atoms with van der Waals surface area (Å²) in [6.45, 7) is 0.776. The van der Waals surface area contributed by atoms with E-state index in [-0.39, 0.29) is 11.9 Å². The maximum Gasteiger partial charge on any atom is 0.224 e. The van der Waals surface area contributed by atoms with Gasteiger partial charge in [0, 0.05) is 23.4 Å². The molecule has 18 heavy (non-hydrogen) atoms. The first-order chi connectivity index (χ1) is 8.74. The molecule has 3 nitrogen and oxygen atoms in total. The molecule has 0 aromatic carbocycles. The lowest BCUT2D eigenvalue weighted by Crippen LogP contribution is -2.37. The highest BCUT2D eigenvalue weighted by molar-refractivity contribution is 7.09. The van der Waals surface area contributed by atoms with E-state index in [0.29, 0.717) is 18.4 Å². The molecule has 0 radical (unpaired) electrons. The minimum absolute atomic E-state index is 0.0853. The van der Waals surface area contributed by atoms with Crippen LogP contribution in [0.5, 0.6) is 0 Å². The lowest BCUT2D eigenvalue weighted by Gasteiger charge is -2.23. The molecular weight excluding hydrogens is 244 g/mol. The zero-order valence-electron chi connectivity index (χ0n) is 10.5. The van der Waals surface area contributed by atoms with Gasteiger partial charge in [0.2, 0.25) is 5.91 Å². The highest BCUT2D eigenvalue weighted by atomic mass is 32.1. The highest BCUT2D eigenvalue weighted by Crippen LogP contribution is 2.34. The van der Waals surface area contributed by atoms with Gasteiger partial charge in [-0.2, -0.15) is 0 Å². The zero-order chi connectivity index (χ0) is 12.5. The fourth-order valence-corrected chi connectivity index (χ4v) is 3.09. The maximum absolute atomic E-state index is 12.3. The molecule has 4 heteroatoms. The molecule has 2 fully saturated rings. The van der Waals surface area contributed by atoms with Gasteiger partial charge >= 0.3 is 0 Å². The second-order valence-electron chi connectivity index (χ2n) is 5.54. The molecule has 1 aromatic heterocycles. The Morgan fingerprint density at radius 3 is 2.78 bits per heavy atom. The molecule has 2 aliphatic carbocycles. The Bertz CT molecular complexity index is 409. The van der Waals surface area contributed by atoms with Crippen molar-refractivity contribution < 1.29 is 4.79 Å². The Morgan fingerprint density at radius 1 is 1.44 bits per heavy atom. The SMILES string of the molecule is NC(CC(=O)N(Cc1cccs1)C1CC1)C1CC1. The third-order valence-corrected chi connectivity index (χ3v) is 4.71. The van der Waals surface area contributed by atoms with Crippen LogP contribution in [0.25, 0.3) is 0 Å². The Labute approximate surface area is 112 Å². The summed E-state index contributed by atoms with van der Waals surface area (Å²) in [5.74, 6) is 0.863. The molecule has 2 aliphatic rings. The lowest BCUT2D eigenvalue weighted by atomic mass is 10.1. The van der Waals surface area contributed by atoms with Gasteiger partial charge in [0.05, 0.1) is 6.54 Å². The normalized spacial score (nSPS) is 20.7. The summed E-state index contributed by atoms with van der Waals surface area (Å²) < 4.78 is 0. The van der Waals surface area contributed by atoms with Gasteiger partial charge in [-0.3, -0.25) is 4.79 Å². The molecule has 2 N–H and O–H groups in total. The number of hydrogen-bond donors (Lipinski definition) is 1. The van der Waals surface area contributed by atoms with Crippen molar-refractivity contribution in [1.82, 2.24) is 4.90 Å². The summed E-state index contributed by atoms with van der Waals surface area (Å²) in [5.41, 5.74) is 6.07. The third-order valence-electron chi connectivity index (χ3n) is 3.85. The first-order valence-corrected chi connectivity index (χ1v) is 7.69. The molecule has 3 rings (SSSR count). The van der Waals surface area contributed by atoms with E-state index in [1.165, 1.54) is 17.7 Å². The minimum Gasteiger partial charge on any atom is -0.335 e. The number of rotatable bonds is 6. The van der Waals surface area contributed by atoms with Gasteiger partial charge in [0.15, 0.2) is 0 Å². The van der Waals surface area contributed by atoms with Crippen LogP contribution in [0.2, 0.25) is 0 Å². The molecule has 2 saturated carbocycles. The van der Waals surface area contributed by atoms with Gasteiger partial charge < -0.3 is 10.6 Å². The Morgan fingerprint density at radius 2 is 2.22 bits per heavy atom. The molecule has 1 unspecified atom stereocenters. The quantitative estimate of drug-likeness (QED) is 0.857. The molecular formula is C14H20N2OS. The molecule has 0 bridgehead atoms. The molecule has 1 atom stereocenters. The van der Waals surface area contributed by atoms with Crippen LogP contribution in [0.15, 0.2) is 17.5 Å². The fourth-order valence-electron chi connectivity index (χ4n) is 2.39. The van der Waals surface area contributed by atoms with E-state index < -0.39 is 0 Å². The van der Waals surface area contributed by atoms with Crippen LogP contribution in [-0.2, 0) is 11.3 Å². The second kappa shape index (κ2) is 5.02. The summed E-state index contributed by atoms with van der Waals surface area (Å²) in [7, 11) is 0. The minimum atomic E-state index is 0.0853. The van der Waals surface area contributed by atoms with Crippen molar-refractivity contribution in [3.05, 3.63) is 22.4 Å². The van der Waals surface area contributed by atoms with Gasteiger partial charge in [0.25, 0.3) is 0 Å². The molecule has 0 spiro atoms. The number of nitrogens with zero attached hydrogens (tertiary/aromatic N) is 1. The molecule has 0 aliphatic heterocycles. The Hall–Kier alpha value is -0.870. The van der Waals surface area contributed by atoms with Crippen molar-refractivity contribution in [3.8, 4) is 0 Å². The summed E-state index contributed by atoms with van der Waals surface area (Å²) in [5, 5.41) is 2.07. The lowest BCUT2D eigenvalue weighted by molar-refractivity contribution is -0.132. The second-order valence-corrected chi connectivity index (χ2v) is 6.57. The molecule has 1 heterocycles. The Kier molecular flexibility index (Phi) is 3.39. The molecule has 1 amide bonds. The van der Waals surface area contributed by atoms with Gasteiger partial charge in [-0.05, 0) is 43.0 Å². The van der Waals surface area contributed by atoms with Gasteiger partial charge in [-0.1, -0.05) is 6.07 Å². The van der Waals surface area contributed by atoms with Crippen molar-refractivity contribution in [3.63, 3.8) is 0 Å². The van der Waals surface area contributed by atoms with E-state index in [1.807, 2.05) is 11.0 Å². The average Bonchev–Trinajstić information content (AvgIpc) is 3.25. The van der Waals surface area contributed by atoms with Gasteiger partial charge in [-0.25, -0.2) is 0 Å². The van der Waals surface area contributed by atoms with E-state index in [1.54, 1.807) is 11.3 Å². The monoisotopic (exact) mass is 264 g/mol. The van der Waals surface area contributed by atoms with Crippen LogP contribution in [-0.4, -0.2) is 22.9 Å². The number of carbonyl (C=O) groups is 1. The number of hydrogen-bond acceptors (Lipinski definition) is 3. The number of carbonyl (C=O) groups excluding carboxylic acids is 1. The molecule has 1 aromatic rings. The first-order valence-electron chi connectivity index (χ1n) is 6.81. The average molecular weight is 264 g/mol. The third kappa shape index (κ3) is 2.93. The molecule has 0 saturated heterocycles. The van der Waals surface area contributed by atoms with Crippen LogP contribution in [0.1, 0.15) is 37.0 Å². The zero-order valence-corrected chi connectivity index (χ0v) is 11.4. The number of amides is 1. The Balaban J connectivity index is 1.59. The number of nitrogens with two attached hydrogens (primary N) is 1. The van der Waals surface area contributed by atoms with Crippen LogP contribution in [0.4, 0.5) is 0 Å². The van der Waals surface area contributed by atoms with E-state index >= 15 is 0 Å². The standard InChI is InChI=1S/C14H20N2OS/c15-13(10-3-4-10)8-14(17)16(11-5-6-11)9-12-2-1-7-18-12/h1-2,7,10-11,13H,3-6,8-9,15H2. The fraction of sp³-hybridized carbons (Fsp3) is 0.643. The predicted octanol–water partition coefficient (Wildman–Crippen LogP) is 2.37. The van der Waals surface area contributed by atoms with Crippen LogP contribution < -0.4 is 5.73 Å². The highest BCUT2D eigenvalue weighted by Gasteiger charge is 2.36. The van der Waals surface area contributed by atoms with Crippen molar-refractivity contribution in [2.75, 3.05) is 0 Å². The smallest absolute Gasteiger partial charge is 0.224 e. The van der Waals surface area contributed by atoms with Crippen LogP contribution in [0.3, 0.4) is 0 Å². The van der Waals surface area contributed by atoms with Crippen LogP contribution in [0, 0.1) is 5.92 Å². The van der Waals surface area contributed by atoms with Crippen molar-refractivity contribution in [2.45, 2.75) is 50.7 Å². The molecule has 98 valence electrons. The summed E-state index contributed by atoms with van der Waals surface area (Å²) in [4.78, 5) is 15.7. The topological polar surface area (TPSA) is 46.3 Å². The summed E-state index contributed by atoms with van der Waals surface area (Å²) >= 11 is 1.73. The van der Waals surface area contributed by atoms with Gasteiger partial charge in [-0.15, -0.1) is 11.3 Å². The van der Waals surface area contributed by atoms with E-state index in [9.17, 15) is 4.79 Å². The van der Waals surface area contributed by atoms with Crippen molar-refractivity contribution >= 4 is 17.2 Å². The van der Waals surface area contributed by atoms with Crippen molar-refractivity contribution in [1.29, 1.82) is 0 Å². The van der Waals surface area contributed by atoms with E-state index in [2.05, 4.69) is 11.4 Å². The predicted molar refractivity (Wildman–Crippen MR) is 73.2 cm³/mol. The van der Waals surface area contributed by atoms with E-state index in [4.69, 9.17) is 5.73 Å². The largest absolute Gasteiger partial charge is 0.335 e.